The number of para-hydroxylation sites is 1. The number of hydrogen-bond acceptors (Lipinski definition) is 5. The molecular formula is C25H28FN5O2S. The van der Waals surface area contributed by atoms with Crippen molar-refractivity contribution in [1.29, 1.82) is 0 Å². The molecule has 1 atom stereocenters. The highest BCUT2D eigenvalue weighted by Gasteiger charge is 2.26. The Kier molecular flexibility index (Phi) is 8.59. The van der Waals surface area contributed by atoms with Crippen LogP contribution in [0.25, 0.3) is 0 Å². The Bertz CT molecular complexity index is 1160. The van der Waals surface area contributed by atoms with E-state index in [1.54, 1.807) is 30.3 Å². The maximum atomic E-state index is 13.8. The summed E-state index contributed by atoms with van der Waals surface area (Å²) in [7, 11) is 0. The molecule has 0 aliphatic carbocycles. The minimum Gasteiger partial charge on any atom is -0.342 e. The van der Waals surface area contributed by atoms with Gasteiger partial charge in [-0.3, -0.25) is 9.59 Å². The molecule has 34 heavy (non-hydrogen) atoms. The molecule has 0 bridgehead atoms. The fourth-order valence-electron chi connectivity index (χ4n) is 3.28. The number of anilines is 1. The summed E-state index contributed by atoms with van der Waals surface area (Å²) in [5.41, 5.74) is 1.76. The standard InChI is InChI=1S/C25H28FN5O2S/c1-5-14-31-23(22(16(2)3)28-24(33)18-12-10-17(4)11-13-18)29-30-25(31)34-15-21(32)27-20-9-7-6-8-19(20)26/h5-13,16,22H,1,14-15H2,2-4H3,(H,27,32)(H,28,33)/t22-/m1/s1. The summed E-state index contributed by atoms with van der Waals surface area (Å²) in [6, 6.07) is 12.9. The molecule has 0 saturated heterocycles. The number of nitrogens with zero attached hydrogens (tertiary/aromatic N) is 3. The Morgan fingerprint density at radius 1 is 1.15 bits per heavy atom. The number of carbonyl (C=O) groups excluding carboxylic acids is 2. The highest BCUT2D eigenvalue weighted by molar-refractivity contribution is 7.99. The van der Waals surface area contributed by atoms with E-state index in [1.807, 2.05) is 37.5 Å². The molecule has 9 heteroatoms. The normalized spacial score (nSPS) is 11.8. The van der Waals surface area contributed by atoms with Gasteiger partial charge in [0.25, 0.3) is 5.91 Å². The van der Waals surface area contributed by atoms with Gasteiger partial charge in [0.1, 0.15) is 5.82 Å². The minimum absolute atomic E-state index is 0.0195. The van der Waals surface area contributed by atoms with Gasteiger partial charge in [-0.05, 0) is 37.1 Å². The Hall–Kier alpha value is -3.46. The minimum atomic E-state index is -0.498. The van der Waals surface area contributed by atoms with Gasteiger partial charge in [-0.1, -0.05) is 61.5 Å². The molecule has 0 radical (unpaired) electrons. The van der Waals surface area contributed by atoms with E-state index in [4.69, 9.17) is 0 Å². The maximum absolute atomic E-state index is 13.8. The van der Waals surface area contributed by atoms with Crippen molar-refractivity contribution in [3.8, 4) is 0 Å². The van der Waals surface area contributed by atoms with Crippen LogP contribution in [-0.2, 0) is 11.3 Å². The first-order valence-corrected chi connectivity index (χ1v) is 11.9. The lowest BCUT2D eigenvalue weighted by Crippen LogP contribution is -2.33. The van der Waals surface area contributed by atoms with E-state index in [1.165, 1.54) is 23.9 Å². The second-order valence-corrected chi connectivity index (χ2v) is 9.06. The van der Waals surface area contributed by atoms with Crippen LogP contribution in [0.5, 0.6) is 0 Å². The number of amides is 2. The molecule has 0 unspecified atom stereocenters. The van der Waals surface area contributed by atoms with Crippen molar-refractivity contribution in [2.24, 2.45) is 5.92 Å². The van der Waals surface area contributed by atoms with Crippen LogP contribution in [0.1, 0.15) is 41.6 Å². The third kappa shape index (κ3) is 6.32. The smallest absolute Gasteiger partial charge is 0.251 e. The Balaban J connectivity index is 1.75. The van der Waals surface area contributed by atoms with Gasteiger partial charge in [0.15, 0.2) is 11.0 Å². The number of benzene rings is 2. The van der Waals surface area contributed by atoms with E-state index in [9.17, 15) is 14.0 Å². The first-order chi connectivity index (χ1) is 16.3. The predicted molar refractivity (Wildman–Crippen MR) is 132 cm³/mol. The largest absolute Gasteiger partial charge is 0.342 e. The highest BCUT2D eigenvalue weighted by Crippen LogP contribution is 2.26. The van der Waals surface area contributed by atoms with Crippen LogP contribution in [0.4, 0.5) is 10.1 Å². The van der Waals surface area contributed by atoms with Gasteiger partial charge in [-0.15, -0.1) is 16.8 Å². The lowest BCUT2D eigenvalue weighted by atomic mass is 10.0. The number of halogens is 1. The Morgan fingerprint density at radius 2 is 1.85 bits per heavy atom. The lowest BCUT2D eigenvalue weighted by molar-refractivity contribution is -0.113. The molecule has 3 aromatic rings. The number of allylic oxidation sites excluding steroid dienone is 1. The summed E-state index contributed by atoms with van der Waals surface area (Å²) >= 11 is 1.18. The third-order valence-corrected chi connectivity index (χ3v) is 6.05. The van der Waals surface area contributed by atoms with E-state index in [0.717, 1.165) is 5.56 Å². The average Bonchev–Trinajstić information content (AvgIpc) is 3.20. The summed E-state index contributed by atoms with van der Waals surface area (Å²) in [6.45, 7) is 10.2. The number of aryl methyl sites for hydroxylation is 1. The van der Waals surface area contributed by atoms with Crippen molar-refractivity contribution in [3.05, 3.63) is 84.0 Å². The highest BCUT2D eigenvalue weighted by atomic mass is 32.2. The zero-order valence-electron chi connectivity index (χ0n) is 19.4. The zero-order valence-corrected chi connectivity index (χ0v) is 20.2. The van der Waals surface area contributed by atoms with Gasteiger partial charge in [-0.2, -0.15) is 0 Å². The van der Waals surface area contributed by atoms with Crippen molar-refractivity contribution in [3.63, 3.8) is 0 Å². The van der Waals surface area contributed by atoms with E-state index < -0.39 is 11.9 Å². The van der Waals surface area contributed by atoms with Crippen molar-refractivity contribution in [1.82, 2.24) is 20.1 Å². The van der Waals surface area contributed by atoms with E-state index in [2.05, 4.69) is 27.4 Å². The molecule has 0 aliphatic rings. The number of thioether (sulfide) groups is 1. The van der Waals surface area contributed by atoms with Gasteiger partial charge in [0.05, 0.1) is 17.5 Å². The van der Waals surface area contributed by atoms with Gasteiger partial charge < -0.3 is 15.2 Å². The number of nitrogens with one attached hydrogen (secondary N) is 2. The molecular weight excluding hydrogens is 453 g/mol. The molecule has 0 fully saturated rings. The molecule has 3 rings (SSSR count). The van der Waals surface area contributed by atoms with E-state index in [-0.39, 0.29) is 29.2 Å². The zero-order chi connectivity index (χ0) is 24.7. The molecule has 2 aromatic carbocycles. The van der Waals surface area contributed by atoms with Crippen LogP contribution in [0.15, 0.2) is 66.3 Å². The molecule has 2 amide bonds. The van der Waals surface area contributed by atoms with Crippen molar-refractivity contribution < 1.29 is 14.0 Å². The van der Waals surface area contributed by atoms with Gasteiger partial charge in [-0.25, -0.2) is 4.39 Å². The number of carbonyl (C=O) groups is 2. The van der Waals surface area contributed by atoms with Crippen LogP contribution in [0.2, 0.25) is 0 Å². The molecule has 1 heterocycles. The number of hydrogen-bond donors (Lipinski definition) is 2. The first-order valence-electron chi connectivity index (χ1n) is 10.9. The second-order valence-electron chi connectivity index (χ2n) is 8.12. The predicted octanol–water partition coefficient (Wildman–Crippen LogP) is 4.77. The number of aromatic nitrogens is 3. The molecule has 7 nitrogen and oxygen atoms in total. The van der Waals surface area contributed by atoms with E-state index >= 15 is 0 Å². The van der Waals surface area contributed by atoms with Crippen LogP contribution in [0.3, 0.4) is 0 Å². The second kappa shape index (κ2) is 11.6. The molecule has 1 aromatic heterocycles. The summed E-state index contributed by atoms with van der Waals surface area (Å²) in [5, 5.41) is 14.7. The van der Waals surface area contributed by atoms with Gasteiger partial charge in [0.2, 0.25) is 5.91 Å². The quantitative estimate of drug-likeness (QED) is 0.322. The molecule has 178 valence electrons. The van der Waals surface area contributed by atoms with Crippen LogP contribution in [-0.4, -0.2) is 32.3 Å². The third-order valence-electron chi connectivity index (χ3n) is 5.08. The SMILES string of the molecule is C=CCn1c(SCC(=O)Nc2ccccc2F)nnc1[C@H](NC(=O)c1ccc(C)cc1)C(C)C. The van der Waals surface area contributed by atoms with Gasteiger partial charge >= 0.3 is 0 Å². The average molecular weight is 482 g/mol. The fourth-order valence-corrected chi connectivity index (χ4v) is 4.03. The summed E-state index contributed by atoms with van der Waals surface area (Å²) in [5.74, 6) is -0.437. The Morgan fingerprint density at radius 3 is 2.50 bits per heavy atom. The summed E-state index contributed by atoms with van der Waals surface area (Å²) in [6.07, 6.45) is 1.70. The van der Waals surface area contributed by atoms with Crippen LogP contribution >= 0.6 is 11.8 Å². The lowest BCUT2D eigenvalue weighted by Gasteiger charge is -2.22. The molecule has 2 N–H and O–H groups in total. The molecule has 0 spiro atoms. The first kappa shape index (κ1) is 25.2. The maximum Gasteiger partial charge on any atom is 0.251 e. The fraction of sp³-hybridized carbons (Fsp3) is 0.280. The Labute approximate surface area is 202 Å². The topological polar surface area (TPSA) is 88.9 Å². The van der Waals surface area contributed by atoms with Crippen LogP contribution in [0, 0.1) is 18.7 Å². The summed E-state index contributed by atoms with van der Waals surface area (Å²) in [4.78, 5) is 25.2. The van der Waals surface area contributed by atoms with Crippen molar-refractivity contribution >= 4 is 29.3 Å². The van der Waals surface area contributed by atoms with Crippen molar-refractivity contribution in [2.75, 3.05) is 11.1 Å². The van der Waals surface area contributed by atoms with Gasteiger partial charge in [0, 0.05) is 12.1 Å². The van der Waals surface area contributed by atoms with Crippen LogP contribution < -0.4 is 10.6 Å². The number of rotatable bonds is 10. The van der Waals surface area contributed by atoms with Crippen molar-refractivity contribution in [2.45, 2.75) is 38.5 Å². The molecule has 0 aliphatic heterocycles. The monoisotopic (exact) mass is 481 g/mol. The summed E-state index contributed by atoms with van der Waals surface area (Å²) < 4.78 is 15.6. The van der Waals surface area contributed by atoms with E-state index in [0.29, 0.717) is 23.1 Å². The molecule has 0 saturated carbocycles.